The van der Waals surface area contributed by atoms with E-state index in [0.717, 1.165) is 34.7 Å². The lowest BCUT2D eigenvalue weighted by Gasteiger charge is -2.36. The largest absolute Gasteiger partial charge is 0.416 e. The lowest BCUT2D eigenvalue weighted by molar-refractivity contribution is -0.137. The molecule has 6 heterocycles. The van der Waals surface area contributed by atoms with Gasteiger partial charge in [-0.3, -0.25) is 14.4 Å². The number of hydrogen-bond acceptors (Lipinski definition) is 8. The molecule has 8 rings (SSSR count). The number of ether oxygens (including phenoxy) is 1. The Morgan fingerprint density at radius 2 is 1.84 bits per heavy atom. The van der Waals surface area contributed by atoms with Crippen molar-refractivity contribution in [2.24, 2.45) is 0 Å². The molecule has 55 heavy (non-hydrogen) atoms. The third-order valence-corrected chi connectivity index (χ3v) is 10.5. The first kappa shape index (κ1) is 36.2. The van der Waals surface area contributed by atoms with Gasteiger partial charge in [0, 0.05) is 49.5 Å². The number of nitrogens with zero attached hydrogens (tertiary/aromatic N) is 7. The second-order valence-electron chi connectivity index (χ2n) is 14.0. The number of hydrogen-bond donors (Lipinski definition) is 2. The molecule has 0 atom stereocenters. The minimum atomic E-state index is -4.61. The number of carbonyl (C=O) groups excluding carboxylic acids is 2. The molecule has 6 aromatic rings. The van der Waals surface area contributed by atoms with E-state index in [9.17, 15) is 27.6 Å². The topological polar surface area (TPSA) is 143 Å². The number of pyridine rings is 1. The summed E-state index contributed by atoms with van der Waals surface area (Å²) in [5.74, 6) is -0.495. The lowest BCUT2D eigenvalue weighted by atomic mass is 9.94. The number of benzene rings is 2. The molecule has 2 aliphatic heterocycles. The first-order chi connectivity index (χ1) is 26.2. The van der Waals surface area contributed by atoms with Crippen LogP contribution in [0.2, 0.25) is 5.02 Å². The molecule has 13 nitrogen and oxygen atoms in total. The molecule has 2 N–H and O–H groups in total. The summed E-state index contributed by atoms with van der Waals surface area (Å²) in [7, 11) is 0. The van der Waals surface area contributed by atoms with E-state index in [4.69, 9.17) is 21.3 Å². The van der Waals surface area contributed by atoms with Crippen LogP contribution in [-0.4, -0.2) is 72.0 Å². The van der Waals surface area contributed by atoms with E-state index < -0.39 is 28.8 Å². The Bertz CT molecular complexity index is 2570. The standard InChI is InChI=1S/C38H35ClF3N9O4/c1-4-28-32(48-13-15-49(16-14-48)34(53)31-30-21(9-11-43-30)10-12-44-31)35(54)51-36(46-33(47-51)22-5-7-25-23(17-22)20-55-37(25,2)3)50(28)19-29(52)45-27-8-6-24(18-26(27)39)38(40,41)42/h5-12,17-18,43H,4,13-16,19-20H2,1-3H3,(H,45,52). The third-order valence-electron chi connectivity index (χ3n) is 10.2. The summed E-state index contributed by atoms with van der Waals surface area (Å²) in [4.78, 5) is 57.5. The Morgan fingerprint density at radius 3 is 2.56 bits per heavy atom. The summed E-state index contributed by atoms with van der Waals surface area (Å²) in [6.45, 7) is 7.04. The Kier molecular flexibility index (Phi) is 8.92. The van der Waals surface area contributed by atoms with Crippen molar-refractivity contribution in [1.29, 1.82) is 0 Å². The Labute approximate surface area is 316 Å². The van der Waals surface area contributed by atoms with Gasteiger partial charge in [0.1, 0.15) is 12.2 Å². The van der Waals surface area contributed by atoms with Gasteiger partial charge in [0.2, 0.25) is 11.7 Å². The molecule has 4 aromatic heterocycles. The lowest BCUT2D eigenvalue weighted by Crippen LogP contribution is -2.51. The zero-order valence-electron chi connectivity index (χ0n) is 30.0. The van der Waals surface area contributed by atoms with Crippen molar-refractivity contribution in [3.05, 3.63) is 104 Å². The van der Waals surface area contributed by atoms with Crippen LogP contribution in [0.25, 0.3) is 28.1 Å². The third kappa shape index (κ3) is 6.48. The highest BCUT2D eigenvalue weighted by molar-refractivity contribution is 6.33. The molecule has 1 saturated heterocycles. The van der Waals surface area contributed by atoms with Gasteiger partial charge < -0.3 is 29.4 Å². The maximum atomic E-state index is 14.4. The second kappa shape index (κ2) is 13.5. The van der Waals surface area contributed by atoms with Gasteiger partial charge in [-0.25, -0.2) is 4.98 Å². The minimum Gasteiger partial charge on any atom is -0.366 e. The molecule has 0 unspecified atom stereocenters. The Hall–Kier alpha value is -5.74. The molecule has 284 valence electrons. The summed E-state index contributed by atoms with van der Waals surface area (Å²) in [5, 5.41) is 7.84. The molecule has 0 radical (unpaired) electrons. The number of nitrogens with one attached hydrogen (secondary N) is 2. The monoisotopic (exact) mass is 773 g/mol. The van der Waals surface area contributed by atoms with E-state index in [1.807, 2.05) is 56.0 Å². The van der Waals surface area contributed by atoms with Gasteiger partial charge in [0.05, 0.1) is 39.7 Å². The van der Waals surface area contributed by atoms with Crippen LogP contribution in [0.1, 0.15) is 53.6 Å². The average Bonchev–Trinajstić information content (AvgIpc) is 3.90. The number of fused-ring (bicyclic) bond motifs is 3. The summed E-state index contributed by atoms with van der Waals surface area (Å²) in [5.41, 5.74) is 2.53. The summed E-state index contributed by atoms with van der Waals surface area (Å²) in [6.07, 6.45) is -0.960. The molecule has 2 amide bonds. The number of halogens is 4. The van der Waals surface area contributed by atoms with E-state index in [-0.39, 0.29) is 34.8 Å². The Morgan fingerprint density at radius 1 is 1.05 bits per heavy atom. The minimum absolute atomic E-state index is 0.00855. The van der Waals surface area contributed by atoms with E-state index in [1.165, 1.54) is 4.52 Å². The van der Waals surface area contributed by atoms with Crippen LogP contribution in [0, 0.1) is 0 Å². The smallest absolute Gasteiger partial charge is 0.366 e. The number of carbonyl (C=O) groups is 2. The number of piperazine rings is 1. The fraction of sp³-hybridized carbons (Fsp3) is 0.316. The van der Waals surface area contributed by atoms with Crippen molar-refractivity contribution < 1.29 is 27.5 Å². The molecule has 1 fully saturated rings. The van der Waals surface area contributed by atoms with Gasteiger partial charge in [0.25, 0.3) is 11.5 Å². The maximum Gasteiger partial charge on any atom is 0.416 e. The molecular weight excluding hydrogens is 739 g/mol. The Balaban J connectivity index is 1.16. The molecule has 0 saturated carbocycles. The van der Waals surface area contributed by atoms with Crippen molar-refractivity contribution >= 4 is 51.5 Å². The van der Waals surface area contributed by atoms with Gasteiger partial charge in [0.15, 0.2) is 11.5 Å². The van der Waals surface area contributed by atoms with Crippen LogP contribution in [0.15, 0.2) is 65.7 Å². The molecule has 2 aromatic carbocycles. The van der Waals surface area contributed by atoms with Crippen LogP contribution in [-0.2, 0) is 40.9 Å². The predicted molar refractivity (Wildman–Crippen MR) is 199 cm³/mol. The quantitative estimate of drug-likeness (QED) is 0.200. The van der Waals surface area contributed by atoms with E-state index in [0.29, 0.717) is 67.4 Å². The molecule has 2 aliphatic rings. The van der Waals surface area contributed by atoms with Crippen LogP contribution >= 0.6 is 11.6 Å². The van der Waals surface area contributed by atoms with E-state index in [1.54, 1.807) is 21.9 Å². The normalized spacial score (nSPS) is 15.5. The fourth-order valence-corrected chi connectivity index (χ4v) is 7.61. The molecule has 17 heteroatoms. The van der Waals surface area contributed by atoms with E-state index >= 15 is 0 Å². The first-order valence-corrected chi connectivity index (χ1v) is 18.0. The van der Waals surface area contributed by atoms with Crippen molar-refractivity contribution in [3.8, 4) is 11.4 Å². The van der Waals surface area contributed by atoms with Crippen LogP contribution < -0.4 is 15.8 Å². The van der Waals surface area contributed by atoms with Gasteiger partial charge in [-0.05, 0) is 67.8 Å². The first-order valence-electron chi connectivity index (χ1n) is 17.7. The number of rotatable bonds is 7. The van der Waals surface area contributed by atoms with Gasteiger partial charge in [-0.1, -0.05) is 30.7 Å². The number of amides is 2. The van der Waals surface area contributed by atoms with Crippen molar-refractivity contribution in [1.82, 2.24) is 34.0 Å². The number of H-pyrrole nitrogens is 1. The van der Waals surface area contributed by atoms with E-state index in [2.05, 4.69) is 20.4 Å². The number of alkyl halides is 3. The summed E-state index contributed by atoms with van der Waals surface area (Å²) >= 11 is 6.17. The molecular formula is C38H35ClF3N9O4. The van der Waals surface area contributed by atoms with Gasteiger partial charge >= 0.3 is 6.18 Å². The van der Waals surface area contributed by atoms with Crippen molar-refractivity contribution in [2.45, 2.75) is 52.1 Å². The van der Waals surface area contributed by atoms with Gasteiger partial charge in [-0.15, -0.1) is 5.10 Å². The zero-order chi connectivity index (χ0) is 38.8. The fourth-order valence-electron chi connectivity index (χ4n) is 7.38. The van der Waals surface area contributed by atoms with Crippen LogP contribution in [0.4, 0.5) is 24.5 Å². The zero-order valence-corrected chi connectivity index (χ0v) is 30.8. The average molecular weight is 774 g/mol. The van der Waals surface area contributed by atoms with Crippen LogP contribution in [0.3, 0.4) is 0 Å². The van der Waals surface area contributed by atoms with Crippen molar-refractivity contribution in [3.63, 3.8) is 0 Å². The molecule has 0 bridgehead atoms. The highest BCUT2D eigenvalue weighted by atomic mass is 35.5. The SMILES string of the molecule is CCc1c(N2CCN(C(=O)c3nccc4cc[nH]c34)CC2)c(=O)n2nc(-c3ccc4c(c3)COC4(C)C)nc2n1CC(=O)Nc1ccc(C(F)(F)F)cc1Cl. The summed E-state index contributed by atoms with van der Waals surface area (Å²) in [6, 6.07) is 12.1. The highest BCUT2D eigenvalue weighted by Crippen LogP contribution is 2.38. The molecule has 0 spiro atoms. The van der Waals surface area contributed by atoms with Crippen molar-refractivity contribution in [2.75, 3.05) is 36.4 Å². The number of aromatic amines is 1. The number of aromatic nitrogens is 6. The maximum absolute atomic E-state index is 14.4. The van der Waals surface area contributed by atoms with Gasteiger partial charge in [-0.2, -0.15) is 22.7 Å². The summed E-state index contributed by atoms with van der Waals surface area (Å²) < 4.78 is 48.6. The second-order valence-corrected chi connectivity index (χ2v) is 14.4. The number of anilines is 2. The van der Waals surface area contributed by atoms with Crippen LogP contribution in [0.5, 0.6) is 0 Å². The molecule has 0 aliphatic carbocycles. The highest BCUT2D eigenvalue weighted by Gasteiger charge is 2.34. The predicted octanol–water partition coefficient (Wildman–Crippen LogP) is 6.04.